The van der Waals surface area contributed by atoms with Gasteiger partial charge in [0.25, 0.3) is 5.91 Å². The van der Waals surface area contributed by atoms with Gasteiger partial charge in [-0.25, -0.2) is 9.67 Å². The molecule has 0 atom stereocenters. The fraction of sp³-hybridized carbons (Fsp3) is 0.148. The number of hydrogen-bond acceptors (Lipinski definition) is 6. The molecule has 180 valence electrons. The third-order valence-electron chi connectivity index (χ3n) is 5.59. The van der Waals surface area contributed by atoms with Crippen molar-refractivity contribution >= 4 is 17.5 Å². The van der Waals surface area contributed by atoms with E-state index >= 15 is 0 Å². The highest BCUT2D eigenvalue weighted by Crippen LogP contribution is 2.27. The minimum absolute atomic E-state index is 0.0808. The van der Waals surface area contributed by atoms with Gasteiger partial charge in [-0.2, -0.15) is 0 Å². The van der Waals surface area contributed by atoms with E-state index in [2.05, 4.69) is 20.3 Å². The third kappa shape index (κ3) is 4.76. The minimum atomic E-state index is -0.339. The van der Waals surface area contributed by atoms with E-state index < -0.39 is 0 Å². The normalized spacial score (nSPS) is 11.1. The van der Waals surface area contributed by atoms with Crippen molar-refractivity contribution in [2.75, 3.05) is 0 Å². The van der Waals surface area contributed by atoms with Crippen molar-refractivity contribution in [3.63, 3.8) is 0 Å². The first-order valence-electron chi connectivity index (χ1n) is 11.5. The van der Waals surface area contributed by atoms with Crippen molar-refractivity contribution in [2.24, 2.45) is 0 Å². The molecule has 3 aromatic carbocycles. The van der Waals surface area contributed by atoms with Crippen LogP contribution < -0.4 is 0 Å². The lowest BCUT2D eigenvalue weighted by molar-refractivity contribution is 0.0660. The van der Waals surface area contributed by atoms with E-state index in [4.69, 9.17) is 16.0 Å². The van der Waals surface area contributed by atoms with Crippen LogP contribution in [0.25, 0.3) is 28.5 Å². The summed E-state index contributed by atoms with van der Waals surface area (Å²) in [7, 11) is 0. The maximum atomic E-state index is 13.6. The number of hydrogen-bond donors (Lipinski definition) is 0. The lowest BCUT2D eigenvalue weighted by atomic mass is 10.2. The highest BCUT2D eigenvalue weighted by molar-refractivity contribution is 6.33. The Morgan fingerprint density at radius 2 is 1.61 bits per heavy atom. The summed E-state index contributed by atoms with van der Waals surface area (Å²) in [5.41, 5.74) is 2.29. The number of rotatable bonds is 7. The molecule has 5 aromatic rings. The van der Waals surface area contributed by atoms with Gasteiger partial charge in [0.1, 0.15) is 0 Å². The molecule has 5 rings (SSSR count). The van der Waals surface area contributed by atoms with Crippen molar-refractivity contribution in [3.05, 3.63) is 102 Å². The van der Waals surface area contributed by atoms with Gasteiger partial charge in [0, 0.05) is 11.6 Å². The van der Waals surface area contributed by atoms with E-state index in [-0.39, 0.29) is 30.2 Å². The molecule has 0 spiro atoms. The van der Waals surface area contributed by atoms with Crippen LogP contribution in [0.15, 0.2) is 89.3 Å². The predicted molar refractivity (Wildman–Crippen MR) is 137 cm³/mol. The van der Waals surface area contributed by atoms with Gasteiger partial charge >= 0.3 is 0 Å². The SMILES string of the molecule is CC(C)N(Cc1nnc(-c2ccccc2Cl)o1)C(=O)c1nc(-c2ccccc2)n(-c2ccccc2)n1. The first-order chi connectivity index (χ1) is 17.5. The van der Waals surface area contributed by atoms with Gasteiger partial charge in [0.05, 0.1) is 22.8 Å². The van der Waals surface area contributed by atoms with Crippen LogP contribution >= 0.6 is 11.6 Å². The topological polar surface area (TPSA) is 89.9 Å². The monoisotopic (exact) mass is 498 g/mol. The molecule has 0 saturated carbocycles. The number of benzene rings is 3. The quantitative estimate of drug-likeness (QED) is 0.286. The molecule has 9 heteroatoms. The number of carbonyl (C=O) groups excluding carboxylic acids is 1. The van der Waals surface area contributed by atoms with Crippen molar-refractivity contribution in [3.8, 4) is 28.5 Å². The molecule has 2 heterocycles. The van der Waals surface area contributed by atoms with Crippen LogP contribution in [-0.2, 0) is 6.54 Å². The second-order valence-corrected chi connectivity index (χ2v) is 8.79. The van der Waals surface area contributed by atoms with Crippen molar-refractivity contribution < 1.29 is 9.21 Å². The van der Waals surface area contributed by atoms with Gasteiger partial charge in [0.2, 0.25) is 17.6 Å². The first kappa shape index (κ1) is 23.4. The predicted octanol–water partition coefficient (Wildman–Crippen LogP) is 5.69. The number of carbonyl (C=O) groups is 1. The number of amides is 1. The van der Waals surface area contributed by atoms with Crippen LogP contribution in [0, 0.1) is 0 Å². The van der Waals surface area contributed by atoms with Crippen molar-refractivity contribution in [2.45, 2.75) is 26.4 Å². The number of aromatic nitrogens is 5. The van der Waals surface area contributed by atoms with Crippen LogP contribution in [0.5, 0.6) is 0 Å². The highest BCUT2D eigenvalue weighted by Gasteiger charge is 2.27. The zero-order valence-corrected chi connectivity index (χ0v) is 20.5. The van der Waals surface area contributed by atoms with Gasteiger partial charge in [-0.15, -0.1) is 15.3 Å². The molecular formula is C27H23ClN6O2. The molecule has 0 N–H and O–H groups in total. The Morgan fingerprint density at radius 1 is 0.944 bits per heavy atom. The molecule has 2 aromatic heterocycles. The molecule has 0 bridgehead atoms. The highest BCUT2D eigenvalue weighted by atomic mass is 35.5. The van der Waals surface area contributed by atoms with Crippen LogP contribution in [0.2, 0.25) is 5.02 Å². The van der Waals surface area contributed by atoms with Crippen molar-refractivity contribution in [1.82, 2.24) is 29.9 Å². The van der Waals surface area contributed by atoms with Crippen LogP contribution in [0.3, 0.4) is 0 Å². The summed E-state index contributed by atoms with van der Waals surface area (Å²) in [4.78, 5) is 19.9. The van der Waals surface area contributed by atoms with E-state index in [0.717, 1.165) is 11.3 Å². The van der Waals surface area contributed by atoms with Crippen LogP contribution in [-0.4, -0.2) is 41.8 Å². The van der Waals surface area contributed by atoms with E-state index in [1.54, 1.807) is 21.7 Å². The number of nitrogens with zero attached hydrogens (tertiary/aromatic N) is 6. The molecule has 36 heavy (non-hydrogen) atoms. The fourth-order valence-electron chi connectivity index (χ4n) is 3.75. The molecular weight excluding hydrogens is 476 g/mol. The Kier molecular flexibility index (Phi) is 6.60. The number of para-hydroxylation sites is 1. The average Bonchev–Trinajstić information content (AvgIpc) is 3.56. The molecule has 0 aliphatic rings. The van der Waals surface area contributed by atoms with E-state index in [1.807, 2.05) is 86.6 Å². The second kappa shape index (κ2) is 10.1. The molecule has 1 amide bonds. The summed E-state index contributed by atoms with van der Waals surface area (Å²) < 4.78 is 7.52. The second-order valence-electron chi connectivity index (χ2n) is 8.38. The Hall–Kier alpha value is -4.30. The molecule has 0 aliphatic heterocycles. The fourth-order valence-corrected chi connectivity index (χ4v) is 3.97. The van der Waals surface area contributed by atoms with Gasteiger partial charge < -0.3 is 9.32 Å². The van der Waals surface area contributed by atoms with Gasteiger partial charge in [0.15, 0.2) is 5.82 Å². The molecule has 0 fully saturated rings. The van der Waals surface area contributed by atoms with Crippen LogP contribution in [0.1, 0.15) is 30.4 Å². The number of halogens is 1. The summed E-state index contributed by atoms with van der Waals surface area (Å²) in [6.07, 6.45) is 0. The van der Waals surface area contributed by atoms with Gasteiger partial charge in [-0.1, -0.05) is 72.3 Å². The zero-order valence-electron chi connectivity index (χ0n) is 19.7. The van der Waals surface area contributed by atoms with E-state index in [1.165, 1.54) is 0 Å². The summed E-state index contributed by atoms with van der Waals surface area (Å²) in [5.74, 6) is 0.904. The Morgan fingerprint density at radius 3 is 2.31 bits per heavy atom. The smallest absolute Gasteiger partial charge is 0.294 e. The van der Waals surface area contributed by atoms with Crippen molar-refractivity contribution in [1.29, 1.82) is 0 Å². The molecule has 0 aliphatic carbocycles. The van der Waals surface area contributed by atoms with Crippen LogP contribution in [0.4, 0.5) is 0 Å². The summed E-state index contributed by atoms with van der Waals surface area (Å²) in [6, 6.07) is 26.3. The minimum Gasteiger partial charge on any atom is -0.419 e. The molecule has 0 unspecified atom stereocenters. The lowest BCUT2D eigenvalue weighted by Gasteiger charge is -2.23. The first-order valence-corrected chi connectivity index (χ1v) is 11.8. The molecule has 0 radical (unpaired) electrons. The standard InChI is InChI=1S/C27H23ClN6O2/c1-18(2)33(17-23-30-31-26(36-23)21-15-9-10-16-22(21)28)27(35)24-29-25(19-11-5-3-6-12-19)34(32-24)20-13-7-4-8-14-20/h3-16,18H,17H2,1-2H3. The third-order valence-corrected chi connectivity index (χ3v) is 5.92. The van der Waals surface area contributed by atoms with Gasteiger partial charge in [-0.3, -0.25) is 4.79 Å². The maximum absolute atomic E-state index is 13.6. The zero-order chi connectivity index (χ0) is 25.1. The Bertz CT molecular complexity index is 1420. The van der Waals surface area contributed by atoms with E-state index in [0.29, 0.717) is 22.3 Å². The largest absolute Gasteiger partial charge is 0.419 e. The lowest BCUT2D eigenvalue weighted by Crippen LogP contribution is -2.37. The molecule has 8 nitrogen and oxygen atoms in total. The van der Waals surface area contributed by atoms with E-state index in [9.17, 15) is 4.79 Å². The molecule has 0 saturated heterocycles. The summed E-state index contributed by atoms with van der Waals surface area (Å²) >= 11 is 6.26. The Labute approximate surface area is 213 Å². The summed E-state index contributed by atoms with van der Waals surface area (Å²) in [6.45, 7) is 3.93. The maximum Gasteiger partial charge on any atom is 0.294 e. The average molecular weight is 499 g/mol. The Balaban J connectivity index is 1.47. The van der Waals surface area contributed by atoms with Gasteiger partial charge in [-0.05, 0) is 38.1 Å². The summed E-state index contributed by atoms with van der Waals surface area (Å²) in [5, 5.41) is 13.4.